The molecule has 0 unspecified atom stereocenters. The van der Waals surface area contributed by atoms with Crippen molar-refractivity contribution >= 4 is 23.2 Å². The van der Waals surface area contributed by atoms with Crippen LogP contribution in [0.25, 0.3) is 0 Å². The second kappa shape index (κ2) is 4.74. The molecule has 0 fully saturated rings. The molecule has 0 aliphatic heterocycles. The van der Waals surface area contributed by atoms with Gasteiger partial charge in [-0.1, -0.05) is 48.5 Å². The molecular formula is C18H16Cl2O. The molecule has 108 valence electrons. The molecule has 0 heterocycles. The van der Waals surface area contributed by atoms with Gasteiger partial charge in [0, 0.05) is 17.9 Å². The van der Waals surface area contributed by atoms with E-state index in [2.05, 4.69) is 36.4 Å². The molecule has 3 heteroatoms. The first-order valence-electron chi connectivity index (χ1n) is 7.29. The van der Waals surface area contributed by atoms with Gasteiger partial charge in [0.25, 0.3) is 0 Å². The minimum atomic E-state index is -0.384. The van der Waals surface area contributed by atoms with E-state index in [4.69, 9.17) is 23.2 Å². The minimum absolute atomic E-state index is 0.0974. The maximum absolute atomic E-state index is 9.69. The highest BCUT2D eigenvalue weighted by Gasteiger charge is 2.57. The lowest BCUT2D eigenvalue weighted by molar-refractivity contribution is 0.235. The monoisotopic (exact) mass is 318 g/mol. The molecule has 2 aromatic carbocycles. The molecule has 2 atom stereocenters. The van der Waals surface area contributed by atoms with Gasteiger partial charge in [-0.05, 0) is 28.7 Å². The van der Waals surface area contributed by atoms with E-state index in [1.54, 1.807) is 0 Å². The number of halogens is 2. The summed E-state index contributed by atoms with van der Waals surface area (Å²) in [6, 6.07) is 16.8. The first-order chi connectivity index (χ1) is 10.2. The summed E-state index contributed by atoms with van der Waals surface area (Å²) >= 11 is 13.5. The van der Waals surface area contributed by atoms with Crippen LogP contribution in [0.2, 0.25) is 0 Å². The van der Waals surface area contributed by atoms with Gasteiger partial charge in [-0.2, -0.15) is 0 Å². The maximum Gasteiger partial charge on any atom is 0.0647 e. The van der Waals surface area contributed by atoms with Gasteiger partial charge < -0.3 is 5.11 Å². The van der Waals surface area contributed by atoms with Crippen LogP contribution in [0.1, 0.15) is 34.6 Å². The Morgan fingerprint density at radius 2 is 1.43 bits per heavy atom. The molecule has 5 rings (SSSR count). The van der Waals surface area contributed by atoms with Crippen LogP contribution >= 0.6 is 23.2 Å². The topological polar surface area (TPSA) is 20.2 Å². The number of aliphatic hydroxyl groups excluding tert-OH is 1. The van der Waals surface area contributed by atoms with E-state index >= 15 is 0 Å². The Morgan fingerprint density at radius 1 is 0.905 bits per heavy atom. The van der Waals surface area contributed by atoms with Crippen molar-refractivity contribution in [1.29, 1.82) is 0 Å². The van der Waals surface area contributed by atoms with Gasteiger partial charge in [-0.25, -0.2) is 0 Å². The normalized spacial score (nSPS) is 32.6. The zero-order valence-electron chi connectivity index (χ0n) is 11.5. The fourth-order valence-electron chi connectivity index (χ4n) is 4.33. The zero-order valence-corrected chi connectivity index (χ0v) is 13.0. The highest BCUT2D eigenvalue weighted by atomic mass is 35.5. The van der Waals surface area contributed by atoms with Crippen molar-refractivity contribution < 1.29 is 5.11 Å². The van der Waals surface area contributed by atoms with Crippen molar-refractivity contribution in [2.75, 3.05) is 6.61 Å². The maximum atomic E-state index is 9.69. The Labute approximate surface area is 134 Å². The Balaban J connectivity index is 2.10. The smallest absolute Gasteiger partial charge is 0.0647 e. The quantitative estimate of drug-likeness (QED) is 0.829. The number of hydrogen-bond donors (Lipinski definition) is 1. The summed E-state index contributed by atoms with van der Waals surface area (Å²) < 4.78 is 0. The Hall–Kier alpha value is -1.02. The number of rotatable bonds is 2. The van der Waals surface area contributed by atoms with Crippen LogP contribution in [0.4, 0.5) is 0 Å². The first kappa shape index (κ1) is 13.6. The standard InChI is InChI=1S/C18H16Cl2O/c19-16-15-11-5-1-3-7-13(11)18(9-10-21,17(16)20)14-8-4-2-6-12(14)15/h1-8,15-17,21H,9-10H2/t15?,16-,17+,18?/m1/s1. The Kier molecular flexibility index (Phi) is 3.08. The number of alkyl halides is 2. The van der Waals surface area contributed by atoms with Crippen molar-refractivity contribution in [3.63, 3.8) is 0 Å². The van der Waals surface area contributed by atoms with E-state index in [1.807, 2.05) is 12.1 Å². The van der Waals surface area contributed by atoms with Crippen molar-refractivity contribution in [2.45, 2.75) is 28.5 Å². The van der Waals surface area contributed by atoms with Crippen molar-refractivity contribution in [2.24, 2.45) is 0 Å². The average molecular weight is 319 g/mol. The number of benzene rings is 2. The van der Waals surface area contributed by atoms with Gasteiger partial charge in [0.05, 0.1) is 10.8 Å². The third-order valence-corrected chi connectivity index (χ3v) is 6.40. The average Bonchev–Trinajstić information content (AvgIpc) is 2.52. The highest BCUT2D eigenvalue weighted by molar-refractivity contribution is 6.32. The summed E-state index contributed by atoms with van der Waals surface area (Å²) in [5, 5.41) is 9.33. The van der Waals surface area contributed by atoms with Crippen LogP contribution in [-0.2, 0) is 5.41 Å². The number of fused-ring (bicyclic) bond motifs is 1. The van der Waals surface area contributed by atoms with Crippen molar-refractivity contribution in [3.8, 4) is 0 Å². The Morgan fingerprint density at radius 3 is 1.95 bits per heavy atom. The molecule has 0 saturated heterocycles. The molecule has 0 radical (unpaired) electrons. The van der Waals surface area contributed by atoms with Gasteiger partial charge >= 0.3 is 0 Å². The lowest BCUT2D eigenvalue weighted by Crippen LogP contribution is -2.54. The summed E-state index contributed by atoms with van der Waals surface area (Å²) in [5.74, 6) is 0.141. The summed E-state index contributed by atoms with van der Waals surface area (Å²) in [7, 11) is 0. The summed E-state index contributed by atoms with van der Waals surface area (Å²) in [4.78, 5) is 0. The molecule has 0 aromatic heterocycles. The van der Waals surface area contributed by atoms with Crippen molar-refractivity contribution in [3.05, 3.63) is 70.8 Å². The van der Waals surface area contributed by atoms with Crippen LogP contribution in [0.5, 0.6) is 0 Å². The SMILES string of the molecule is OCCC12c3ccccc3C(c3ccccc31)[C@@H](Cl)[C@@H]2Cl. The molecule has 21 heavy (non-hydrogen) atoms. The van der Waals surface area contributed by atoms with E-state index < -0.39 is 0 Å². The third-order valence-electron chi connectivity index (χ3n) is 5.13. The third kappa shape index (κ3) is 1.57. The second-order valence-corrected chi connectivity index (χ2v) is 6.92. The van der Waals surface area contributed by atoms with Gasteiger partial charge in [-0.3, -0.25) is 0 Å². The summed E-state index contributed by atoms with van der Waals surface area (Å²) in [6.07, 6.45) is 0.602. The summed E-state index contributed by atoms with van der Waals surface area (Å²) in [5.41, 5.74) is 4.62. The Bertz CT molecular complexity index is 650. The van der Waals surface area contributed by atoms with Gasteiger partial charge in [0.1, 0.15) is 0 Å². The molecule has 0 amide bonds. The lowest BCUT2D eigenvalue weighted by atomic mass is 9.53. The summed E-state index contributed by atoms with van der Waals surface area (Å²) in [6.45, 7) is 0.0974. The number of hydrogen-bond acceptors (Lipinski definition) is 1. The van der Waals surface area contributed by atoms with Crippen LogP contribution in [0, 0.1) is 0 Å². The van der Waals surface area contributed by atoms with Crippen molar-refractivity contribution in [1.82, 2.24) is 0 Å². The predicted octanol–water partition coefficient (Wildman–Crippen LogP) is 4.03. The molecule has 3 aliphatic carbocycles. The molecule has 0 spiro atoms. The van der Waals surface area contributed by atoms with Crippen LogP contribution in [0.3, 0.4) is 0 Å². The molecule has 2 aromatic rings. The fourth-order valence-corrected chi connectivity index (χ4v) is 5.30. The first-order valence-corrected chi connectivity index (χ1v) is 8.17. The van der Waals surface area contributed by atoms with Gasteiger partial charge in [0.2, 0.25) is 0 Å². The zero-order chi connectivity index (χ0) is 14.6. The van der Waals surface area contributed by atoms with Gasteiger partial charge in [0.15, 0.2) is 0 Å². The molecule has 1 N–H and O–H groups in total. The van der Waals surface area contributed by atoms with E-state index in [9.17, 15) is 5.11 Å². The second-order valence-electron chi connectivity index (χ2n) is 5.94. The molecular weight excluding hydrogens is 303 g/mol. The largest absolute Gasteiger partial charge is 0.396 e. The highest BCUT2D eigenvalue weighted by Crippen LogP contribution is 2.60. The van der Waals surface area contributed by atoms with Crippen LogP contribution in [0.15, 0.2) is 48.5 Å². The molecule has 0 saturated carbocycles. The van der Waals surface area contributed by atoms with Gasteiger partial charge in [-0.15, -0.1) is 23.2 Å². The van der Waals surface area contributed by atoms with E-state index in [-0.39, 0.29) is 28.7 Å². The van der Waals surface area contributed by atoms with Crippen LogP contribution < -0.4 is 0 Å². The number of aliphatic hydroxyl groups is 1. The van der Waals surface area contributed by atoms with E-state index in [0.29, 0.717) is 6.42 Å². The molecule has 2 bridgehead atoms. The van der Waals surface area contributed by atoms with E-state index in [0.717, 1.165) is 0 Å². The molecule has 1 nitrogen and oxygen atoms in total. The van der Waals surface area contributed by atoms with Crippen LogP contribution in [-0.4, -0.2) is 22.5 Å². The van der Waals surface area contributed by atoms with E-state index in [1.165, 1.54) is 22.3 Å². The fraction of sp³-hybridized carbons (Fsp3) is 0.333. The lowest BCUT2D eigenvalue weighted by Gasteiger charge is -2.54. The minimum Gasteiger partial charge on any atom is -0.396 e. The molecule has 3 aliphatic rings. The predicted molar refractivity (Wildman–Crippen MR) is 86.5 cm³/mol.